The topological polar surface area (TPSA) is 58.7 Å². The van der Waals surface area contributed by atoms with E-state index in [0.717, 1.165) is 31.6 Å². The van der Waals surface area contributed by atoms with Crippen LogP contribution in [0.2, 0.25) is 0 Å². The van der Waals surface area contributed by atoms with Crippen LogP contribution in [-0.4, -0.2) is 36.2 Å². The van der Waals surface area contributed by atoms with Crippen LogP contribution in [0.3, 0.4) is 0 Å². The molecule has 1 atom stereocenters. The number of hydrogen-bond donors (Lipinski definition) is 2. The Morgan fingerprint density at radius 3 is 2.62 bits per heavy atom. The maximum absolute atomic E-state index is 10.3. The van der Waals surface area contributed by atoms with Crippen molar-refractivity contribution in [3.63, 3.8) is 0 Å². The third-order valence-electron chi connectivity index (χ3n) is 3.91. The molecule has 1 saturated heterocycles. The molecule has 2 rings (SSSR count). The number of anilines is 1. The molecule has 1 aliphatic heterocycles. The monoisotopic (exact) mass is 292 g/mol. The molecule has 1 unspecified atom stereocenters. The van der Waals surface area contributed by atoms with Gasteiger partial charge in [0, 0.05) is 6.54 Å². The molecule has 0 amide bonds. The molecular weight excluding hydrogens is 264 g/mol. The number of ether oxygens (including phenoxy) is 1. The Labute approximate surface area is 127 Å². The number of benzene rings is 1. The van der Waals surface area contributed by atoms with Gasteiger partial charge in [0.15, 0.2) is 0 Å². The van der Waals surface area contributed by atoms with Gasteiger partial charge in [-0.25, -0.2) is 0 Å². The van der Waals surface area contributed by atoms with Gasteiger partial charge in [0.05, 0.1) is 18.4 Å². The Kier molecular flexibility index (Phi) is 5.88. The van der Waals surface area contributed by atoms with Crippen molar-refractivity contribution < 1.29 is 9.84 Å². The Hall–Kier alpha value is -1.26. The van der Waals surface area contributed by atoms with Crippen LogP contribution < -0.4 is 10.5 Å². The first kappa shape index (κ1) is 16.1. The van der Waals surface area contributed by atoms with Crippen LogP contribution in [0.1, 0.15) is 44.8 Å². The highest BCUT2D eigenvalue weighted by Crippen LogP contribution is 2.27. The molecule has 4 heteroatoms. The van der Waals surface area contributed by atoms with Gasteiger partial charge in [-0.3, -0.25) is 0 Å². The quantitative estimate of drug-likeness (QED) is 0.759. The number of aliphatic hydroxyl groups excluding tert-OH is 1. The van der Waals surface area contributed by atoms with Gasteiger partial charge >= 0.3 is 0 Å². The third-order valence-corrected chi connectivity index (χ3v) is 3.91. The normalized spacial score (nSPS) is 17.3. The van der Waals surface area contributed by atoms with Crippen molar-refractivity contribution in [3.8, 4) is 5.75 Å². The second-order valence-electron chi connectivity index (χ2n) is 6.36. The second-order valence-corrected chi connectivity index (χ2v) is 6.36. The average molecular weight is 292 g/mol. The number of nitrogens with zero attached hydrogens (tertiary/aromatic N) is 1. The van der Waals surface area contributed by atoms with Crippen LogP contribution in [0, 0.1) is 5.92 Å². The molecule has 3 N–H and O–H groups in total. The zero-order valence-corrected chi connectivity index (χ0v) is 13.2. The van der Waals surface area contributed by atoms with Crippen LogP contribution in [0.4, 0.5) is 5.69 Å². The first-order valence-electron chi connectivity index (χ1n) is 7.99. The SMILES string of the molecule is CC(C)COc1ccc(C(O)CCN2CCCC2)cc1N. The largest absolute Gasteiger partial charge is 0.491 e. The Morgan fingerprint density at radius 1 is 1.29 bits per heavy atom. The molecule has 1 heterocycles. The molecule has 1 aromatic carbocycles. The van der Waals surface area contributed by atoms with E-state index in [1.165, 1.54) is 12.8 Å². The van der Waals surface area contributed by atoms with E-state index in [9.17, 15) is 5.11 Å². The highest BCUT2D eigenvalue weighted by Gasteiger charge is 2.15. The summed E-state index contributed by atoms with van der Waals surface area (Å²) in [6.07, 6.45) is 2.87. The minimum absolute atomic E-state index is 0.452. The molecule has 1 fully saturated rings. The lowest BCUT2D eigenvalue weighted by molar-refractivity contribution is 0.149. The Bertz CT molecular complexity index is 442. The molecule has 118 valence electrons. The van der Waals surface area contributed by atoms with Crippen molar-refractivity contribution in [3.05, 3.63) is 23.8 Å². The molecule has 1 aromatic rings. The molecule has 0 radical (unpaired) electrons. The van der Waals surface area contributed by atoms with Crippen molar-refractivity contribution in [1.82, 2.24) is 4.90 Å². The van der Waals surface area contributed by atoms with Crippen LogP contribution in [0.5, 0.6) is 5.75 Å². The van der Waals surface area contributed by atoms with E-state index in [2.05, 4.69) is 18.7 Å². The fourth-order valence-corrected chi connectivity index (χ4v) is 2.64. The highest BCUT2D eigenvalue weighted by atomic mass is 16.5. The minimum Gasteiger partial charge on any atom is -0.491 e. The summed E-state index contributed by atoms with van der Waals surface area (Å²) in [7, 11) is 0. The Balaban J connectivity index is 1.88. The first-order chi connectivity index (χ1) is 10.1. The summed E-state index contributed by atoms with van der Waals surface area (Å²) in [6.45, 7) is 8.14. The van der Waals surface area contributed by atoms with E-state index < -0.39 is 6.10 Å². The highest BCUT2D eigenvalue weighted by molar-refractivity contribution is 5.54. The molecule has 0 aliphatic carbocycles. The first-order valence-corrected chi connectivity index (χ1v) is 7.99. The molecule has 1 aliphatic rings. The number of nitrogen functional groups attached to an aromatic ring is 1. The molecule has 0 saturated carbocycles. The van der Waals surface area contributed by atoms with Crippen molar-refractivity contribution in [2.45, 2.75) is 39.2 Å². The van der Waals surface area contributed by atoms with Gasteiger partial charge in [-0.2, -0.15) is 0 Å². The summed E-state index contributed by atoms with van der Waals surface area (Å²) in [6, 6.07) is 5.62. The summed E-state index contributed by atoms with van der Waals surface area (Å²) in [5.74, 6) is 1.18. The molecule has 0 aromatic heterocycles. The number of nitrogens with two attached hydrogens (primary N) is 1. The van der Waals surface area contributed by atoms with Crippen LogP contribution in [-0.2, 0) is 0 Å². The van der Waals surface area contributed by atoms with E-state index in [1.807, 2.05) is 18.2 Å². The molecule has 0 spiro atoms. The van der Waals surface area contributed by atoms with Gasteiger partial charge in [0.25, 0.3) is 0 Å². The van der Waals surface area contributed by atoms with Crippen LogP contribution in [0.15, 0.2) is 18.2 Å². The fourth-order valence-electron chi connectivity index (χ4n) is 2.64. The average Bonchev–Trinajstić information content (AvgIpc) is 2.96. The third kappa shape index (κ3) is 4.90. The predicted octanol–water partition coefficient (Wildman–Crippen LogP) is 2.82. The van der Waals surface area contributed by atoms with Gasteiger partial charge in [-0.05, 0) is 56.0 Å². The predicted molar refractivity (Wildman–Crippen MR) is 86.4 cm³/mol. The second kappa shape index (κ2) is 7.66. The molecule has 21 heavy (non-hydrogen) atoms. The minimum atomic E-state index is -0.452. The van der Waals surface area contributed by atoms with Crippen molar-refractivity contribution in [2.24, 2.45) is 5.92 Å². The van der Waals surface area contributed by atoms with E-state index in [-0.39, 0.29) is 0 Å². The van der Waals surface area contributed by atoms with Crippen molar-refractivity contribution >= 4 is 5.69 Å². The van der Waals surface area contributed by atoms with E-state index >= 15 is 0 Å². The lowest BCUT2D eigenvalue weighted by Crippen LogP contribution is -2.22. The van der Waals surface area contributed by atoms with E-state index in [1.54, 1.807) is 0 Å². The van der Waals surface area contributed by atoms with E-state index in [0.29, 0.717) is 24.0 Å². The van der Waals surface area contributed by atoms with Crippen molar-refractivity contribution in [2.75, 3.05) is 32.0 Å². The number of rotatable bonds is 7. The maximum Gasteiger partial charge on any atom is 0.142 e. The lowest BCUT2D eigenvalue weighted by atomic mass is 10.1. The smallest absolute Gasteiger partial charge is 0.142 e. The summed E-state index contributed by atoms with van der Waals surface area (Å²) >= 11 is 0. The zero-order chi connectivity index (χ0) is 15.2. The number of hydrogen-bond acceptors (Lipinski definition) is 4. The summed E-state index contributed by atoms with van der Waals surface area (Å²) < 4.78 is 5.66. The van der Waals surface area contributed by atoms with Crippen LogP contribution in [0.25, 0.3) is 0 Å². The van der Waals surface area contributed by atoms with E-state index in [4.69, 9.17) is 10.5 Å². The standard InChI is InChI=1S/C17H28N2O2/c1-13(2)12-21-17-6-5-14(11-15(17)18)16(20)7-10-19-8-3-4-9-19/h5-6,11,13,16,20H,3-4,7-10,12,18H2,1-2H3. The summed E-state index contributed by atoms with van der Waals surface area (Å²) in [5.41, 5.74) is 7.50. The maximum atomic E-state index is 10.3. The van der Waals surface area contributed by atoms with Gasteiger partial charge in [0.2, 0.25) is 0 Å². The van der Waals surface area contributed by atoms with Gasteiger partial charge in [0.1, 0.15) is 5.75 Å². The zero-order valence-electron chi connectivity index (χ0n) is 13.2. The Morgan fingerprint density at radius 2 is 2.00 bits per heavy atom. The van der Waals surface area contributed by atoms with Gasteiger partial charge in [-0.1, -0.05) is 19.9 Å². The molecular formula is C17H28N2O2. The molecule has 4 nitrogen and oxygen atoms in total. The van der Waals surface area contributed by atoms with Gasteiger partial charge in [-0.15, -0.1) is 0 Å². The fraction of sp³-hybridized carbons (Fsp3) is 0.647. The summed E-state index contributed by atoms with van der Waals surface area (Å²) in [5, 5.41) is 10.3. The molecule has 0 bridgehead atoms. The summed E-state index contributed by atoms with van der Waals surface area (Å²) in [4.78, 5) is 2.41. The number of aliphatic hydroxyl groups is 1. The van der Waals surface area contributed by atoms with Crippen molar-refractivity contribution in [1.29, 1.82) is 0 Å². The number of likely N-dealkylation sites (tertiary alicyclic amines) is 1. The lowest BCUT2D eigenvalue weighted by Gasteiger charge is -2.18. The van der Waals surface area contributed by atoms with Crippen LogP contribution >= 0.6 is 0 Å². The van der Waals surface area contributed by atoms with Gasteiger partial charge < -0.3 is 20.5 Å².